The zero-order chi connectivity index (χ0) is 9.97. The van der Waals surface area contributed by atoms with Crippen LogP contribution in [0.5, 0.6) is 0 Å². The number of rotatable bonds is 3. The van der Waals surface area contributed by atoms with Crippen LogP contribution in [0.25, 0.3) is 0 Å². The van der Waals surface area contributed by atoms with E-state index >= 15 is 0 Å². The lowest BCUT2D eigenvalue weighted by Crippen LogP contribution is -2.20. The molecule has 0 fully saturated rings. The van der Waals surface area contributed by atoms with Crippen molar-refractivity contribution in [1.82, 2.24) is 10.2 Å². The van der Waals surface area contributed by atoms with Crippen LogP contribution in [0.2, 0.25) is 0 Å². The fourth-order valence-electron chi connectivity index (χ4n) is 2.02. The summed E-state index contributed by atoms with van der Waals surface area (Å²) >= 11 is 0. The summed E-state index contributed by atoms with van der Waals surface area (Å²) in [6.45, 7) is 2.18. The first-order valence-electron chi connectivity index (χ1n) is 5.23. The monoisotopic (exact) mass is 262 g/mol. The van der Waals surface area contributed by atoms with Gasteiger partial charge in [0.1, 0.15) is 0 Å². The van der Waals surface area contributed by atoms with Crippen molar-refractivity contribution in [3.8, 4) is 0 Å². The number of hydrogen-bond acceptors (Lipinski definition) is 2. The molecule has 1 aliphatic heterocycles. The molecule has 0 radical (unpaired) electrons. The molecule has 0 amide bonds. The highest BCUT2D eigenvalue weighted by Crippen LogP contribution is 2.27. The van der Waals surface area contributed by atoms with Gasteiger partial charge in [-0.25, -0.2) is 0 Å². The van der Waals surface area contributed by atoms with Gasteiger partial charge in [-0.1, -0.05) is 24.3 Å². The van der Waals surface area contributed by atoms with Gasteiger partial charge in [-0.2, -0.15) is 0 Å². The van der Waals surface area contributed by atoms with Crippen LogP contribution in [0, 0.1) is 0 Å². The largest absolute Gasteiger partial charge is 0.309 e. The van der Waals surface area contributed by atoms with Gasteiger partial charge in [-0.05, 0) is 38.2 Å². The Morgan fingerprint density at radius 2 is 1.94 bits per heavy atom. The van der Waals surface area contributed by atoms with Crippen molar-refractivity contribution in [3.63, 3.8) is 0 Å². The van der Waals surface area contributed by atoms with E-state index in [0.717, 1.165) is 13.1 Å². The molecule has 0 bridgehead atoms. The predicted molar refractivity (Wildman–Crippen MR) is 73.7 cm³/mol. The van der Waals surface area contributed by atoms with Crippen LogP contribution in [0.1, 0.15) is 23.6 Å². The van der Waals surface area contributed by atoms with Crippen molar-refractivity contribution in [2.45, 2.75) is 19.0 Å². The summed E-state index contributed by atoms with van der Waals surface area (Å²) < 4.78 is 0. The molecular formula is C12H20Cl2N2. The minimum Gasteiger partial charge on any atom is -0.309 e. The molecular weight excluding hydrogens is 243 g/mol. The standard InChI is InChI=1S/C12H18N2.2ClH/c1-14(2)8-7-12-11-6-4-3-5-10(11)9-13-12;;/h3-6,12-13H,7-9H2,1-2H3;2*1H. The molecule has 1 N–H and O–H groups in total. The molecule has 1 aromatic carbocycles. The zero-order valence-electron chi connectivity index (χ0n) is 9.77. The van der Waals surface area contributed by atoms with Crippen molar-refractivity contribution in [2.75, 3.05) is 20.6 Å². The average molecular weight is 263 g/mol. The van der Waals surface area contributed by atoms with E-state index in [2.05, 4.69) is 48.6 Å². The molecule has 1 unspecified atom stereocenters. The summed E-state index contributed by atoms with van der Waals surface area (Å²) in [7, 11) is 4.25. The van der Waals surface area contributed by atoms with Crippen LogP contribution in [0.3, 0.4) is 0 Å². The minimum absolute atomic E-state index is 0. The third-order valence-electron chi connectivity index (χ3n) is 2.83. The maximum Gasteiger partial charge on any atom is 0.0338 e. The number of nitrogens with one attached hydrogen (secondary N) is 1. The molecule has 0 spiro atoms. The Balaban J connectivity index is 0.00000112. The van der Waals surface area contributed by atoms with Gasteiger partial charge < -0.3 is 10.2 Å². The third kappa shape index (κ3) is 3.63. The van der Waals surface area contributed by atoms with E-state index in [0.29, 0.717) is 6.04 Å². The second kappa shape index (κ2) is 7.13. The number of halogens is 2. The summed E-state index contributed by atoms with van der Waals surface area (Å²) in [5.74, 6) is 0. The van der Waals surface area contributed by atoms with E-state index in [1.807, 2.05) is 0 Å². The molecule has 1 heterocycles. The number of hydrogen-bond donors (Lipinski definition) is 1. The molecule has 0 saturated heterocycles. The Labute approximate surface area is 110 Å². The second-order valence-electron chi connectivity index (χ2n) is 4.22. The van der Waals surface area contributed by atoms with E-state index in [-0.39, 0.29) is 24.8 Å². The highest BCUT2D eigenvalue weighted by atomic mass is 35.5. The number of nitrogens with zero attached hydrogens (tertiary/aromatic N) is 1. The first kappa shape index (κ1) is 15.7. The van der Waals surface area contributed by atoms with Crippen molar-refractivity contribution < 1.29 is 0 Å². The Morgan fingerprint density at radius 3 is 2.62 bits per heavy atom. The number of fused-ring (bicyclic) bond motifs is 1. The molecule has 0 aliphatic carbocycles. The quantitative estimate of drug-likeness (QED) is 0.901. The van der Waals surface area contributed by atoms with Gasteiger partial charge in [0.15, 0.2) is 0 Å². The first-order chi connectivity index (χ1) is 6.77. The predicted octanol–water partition coefficient (Wildman–Crippen LogP) is 2.63. The summed E-state index contributed by atoms with van der Waals surface area (Å²) in [6.07, 6.45) is 1.20. The molecule has 0 aromatic heterocycles. The van der Waals surface area contributed by atoms with Crippen LogP contribution in [0.4, 0.5) is 0 Å². The van der Waals surface area contributed by atoms with Gasteiger partial charge in [0.05, 0.1) is 0 Å². The highest BCUT2D eigenvalue weighted by molar-refractivity contribution is 5.85. The Kier molecular flexibility index (Phi) is 7.00. The molecule has 2 nitrogen and oxygen atoms in total. The molecule has 16 heavy (non-hydrogen) atoms. The van der Waals surface area contributed by atoms with Crippen molar-refractivity contribution in [1.29, 1.82) is 0 Å². The topological polar surface area (TPSA) is 15.3 Å². The van der Waals surface area contributed by atoms with Crippen molar-refractivity contribution >= 4 is 24.8 Å². The van der Waals surface area contributed by atoms with Gasteiger partial charge in [0.25, 0.3) is 0 Å². The van der Waals surface area contributed by atoms with E-state index < -0.39 is 0 Å². The van der Waals surface area contributed by atoms with Crippen LogP contribution in [0.15, 0.2) is 24.3 Å². The molecule has 2 rings (SSSR count). The second-order valence-corrected chi connectivity index (χ2v) is 4.22. The SMILES string of the molecule is CN(C)CCC1NCc2ccccc21.Cl.Cl. The number of benzene rings is 1. The smallest absolute Gasteiger partial charge is 0.0338 e. The van der Waals surface area contributed by atoms with Gasteiger partial charge in [0, 0.05) is 12.6 Å². The van der Waals surface area contributed by atoms with Gasteiger partial charge >= 0.3 is 0 Å². The minimum atomic E-state index is 0. The highest BCUT2D eigenvalue weighted by Gasteiger charge is 2.20. The summed E-state index contributed by atoms with van der Waals surface area (Å²) in [4.78, 5) is 2.24. The Hall–Kier alpha value is -0.280. The van der Waals surface area contributed by atoms with Gasteiger partial charge in [-0.3, -0.25) is 0 Å². The fraction of sp³-hybridized carbons (Fsp3) is 0.500. The third-order valence-corrected chi connectivity index (χ3v) is 2.83. The van der Waals surface area contributed by atoms with E-state index in [4.69, 9.17) is 0 Å². The summed E-state index contributed by atoms with van der Waals surface area (Å²) in [6, 6.07) is 9.28. The van der Waals surface area contributed by atoms with Crippen molar-refractivity contribution in [3.05, 3.63) is 35.4 Å². The molecule has 1 aliphatic rings. The van der Waals surface area contributed by atoms with Crippen LogP contribution in [-0.4, -0.2) is 25.5 Å². The average Bonchev–Trinajstić information content (AvgIpc) is 2.58. The van der Waals surface area contributed by atoms with E-state index in [1.54, 1.807) is 0 Å². The van der Waals surface area contributed by atoms with E-state index in [1.165, 1.54) is 17.5 Å². The summed E-state index contributed by atoms with van der Waals surface area (Å²) in [5, 5.41) is 3.55. The van der Waals surface area contributed by atoms with Crippen molar-refractivity contribution in [2.24, 2.45) is 0 Å². The molecule has 4 heteroatoms. The van der Waals surface area contributed by atoms with Crippen LogP contribution >= 0.6 is 24.8 Å². The van der Waals surface area contributed by atoms with E-state index in [9.17, 15) is 0 Å². The van der Waals surface area contributed by atoms with Gasteiger partial charge in [-0.15, -0.1) is 24.8 Å². The van der Waals surface area contributed by atoms with Crippen LogP contribution in [-0.2, 0) is 6.54 Å². The summed E-state index contributed by atoms with van der Waals surface area (Å²) in [5.41, 5.74) is 2.96. The lowest BCUT2D eigenvalue weighted by atomic mass is 10.0. The maximum absolute atomic E-state index is 3.55. The first-order valence-corrected chi connectivity index (χ1v) is 5.23. The Morgan fingerprint density at radius 1 is 1.25 bits per heavy atom. The maximum atomic E-state index is 3.55. The lowest BCUT2D eigenvalue weighted by Gasteiger charge is -2.15. The molecule has 92 valence electrons. The molecule has 1 atom stereocenters. The van der Waals surface area contributed by atoms with Gasteiger partial charge in [0.2, 0.25) is 0 Å². The zero-order valence-corrected chi connectivity index (χ0v) is 11.4. The Bertz CT molecular complexity index is 316. The fourth-order valence-corrected chi connectivity index (χ4v) is 2.02. The van der Waals surface area contributed by atoms with Crippen LogP contribution < -0.4 is 5.32 Å². The molecule has 0 saturated carbocycles. The molecule has 1 aromatic rings. The lowest BCUT2D eigenvalue weighted by molar-refractivity contribution is 0.368. The normalized spacial score (nSPS) is 17.6.